The first kappa shape index (κ1) is 8.92. The minimum atomic E-state index is 0. The Kier molecular flexibility index (Phi) is 3.15. The van der Waals surface area contributed by atoms with Crippen LogP contribution >= 0.6 is 0 Å². The average molecular weight is 130 g/mol. The van der Waals surface area contributed by atoms with Gasteiger partial charge in [-0.1, -0.05) is 25.7 Å². The molecule has 2 saturated carbocycles. The molecule has 2 nitrogen and oxygen atoms in total. The van der Waals surface area contributed by atoms with Crippen molar-refractivity contribution >= 4 is 0 Å². The van der Waals surface area contributed by atoms with Gasteiger partial charge in [-0.05, 0) is 18.3 Å². The van der Waals surface area contributed by atoms with Crippen molar-refractivity contribution in [1.29, 1.82) is 0 Å². The molecule has 0 saturated heterocycles. The maximum Gasteiger partial charge on any atom is -0.0411 e. The molecule has 0 atom stereocenters. The van der Waals surface area contributed by atoms with Crippen molar-refractivity contribution in [3.8, 4) is 0 Å². The van der Waals surface area contributed by atoms with E-state index >= 15 is 0 Å². The highest BCUT2D eigenvalue weighted by Crippen LogP contribution is 2.43. The van der Waals surface area contributed by atoms with E-state index in [4.69, 9.17) is 0 Å². The van der Waals surface area contributed by atoms with E-state index in [1.807, 2.05) is 0 Å². The molecule has 2 bridgehead atoms. The van der Waals surface area contributed by atoms with Gasteiger partial charge in [0, 0.05) is 0 Å². The molecule has 0 aromatic rings. The van der Waals surface area contributed by atoms with E-state index in [9.17, 15) is 0 Å². The number of rotatable bonds is 0. The number of fused-ring (bicyclic) bond motifs is 2. The lowest BCUT2D eigenvalue weighted by Crippen LogP contribution is -1.90. The normalized spacial score (nSPS) is 37.3. The molecule has 0 radical (unpaired) electrons. The monoisotopic (exact) mass is 130 g/mol. The predicted octanol–water partition coefficient (Wildman–Crippen LogP) is 2.52. The Hall–Kier alpha value is -0.0800. The maximum absolute atomic E-state index is 1.58. The standard InChI is InChI=1S/C7H12.2H3N/c1-2-7-4-3-6(1)5-7;;/h6-7H,1-5H2;2*1H3. The molecule has 2 heteroatoms. The summed E-state index contributed by atoms with van der Waals surface area (Å²) in [6.07, 6.45) is 7.82. The fourth-order valence-corrected chi connectivity index (χ4v) is 2.17. The van der Waals surface area contributed by atoms with Crippen molar-refractivity contribution in [2.24, 2.45) is 11.8 Å². The molecule has 2 rings (SSSR count). The van der Waals surface area contributed by atoms with E-state index in [0.29, 0.717) is 0 Å². The molecule has 0 aliphatic heterocycles. The Morgan fingerprint density at radius 2 is 1.00 bits per heavy atom. The van der Waals surface area contributed by atoms with Crippen LogP contribution < -0.4 is 12.3 Å². The van der Waals surface area contributed by atoms with Crippen molar-refractivity contribution in [3.63, 3.8) is 0 Å². The second kappa shape index (κ2) is 3.18. The van der Waals surface area contributed by atoms with Gasteiger partial charge >= 0.3 is 0 Å². The third-order valence-corrected chi connectivity index (χ3v) is 2.63. The summed E-state index contributed by atoms with van der Waals surface area (Å²) in [6, 6.07) is 0. The summed E-state index contributed by atoms with van der Waals surface area (Å²) >= 11 is 0. The molecule has 2 fully saturated rings. The molecule has 9 heavy (non-hydrogen) atoms. The molecule has 0 aromatic heterocycles. The van der Waals surface area contributed by atoms with Crippen LogP contribution in [0.15, 0.2) is 0 Å². The van der Waals surface area contributed by atoms with Gasteiger partial charge in [0.05, 0.1) is 0 Å². The largest absolute Gasteiger partial charge is 0.344 e. The summed E-state index contributed by atoms with van der Waals surface area (Å²) in [6.45, 7) is 0. The van der Waals surface area contributed by atoms with Crippen molar-refractivity contribution in [3.05, 3.63) is 0 Å². The Morgan fingerprint density at radius 3 is 1.11 bits per heavy atom. The summed E-state index contributed by atoms with van der Waals surface area (Å²) in [5.41, 5.74) is 0. The van der Waals surface area contributed by atoms with Crippen LogP contribution in [0, 0.1) is 11.8 Å². The van der Waals surface area contributed by atoms with Crippen molar-refractivity contribution in [2.75, 3.05) is 0 Å². The predicted molar refractivity (Wildman–Crippen MR) is 40.1 cm³/mol. The van der Waals surface area contributed by atoms with Crippen LogP contribution in [-0.2, 0) is 0 Å². The Balaban J connectivity index is 0.000000320. The molecule has 2 aliphatic rings. The van der Waals surface area contributed by atoms with Gasteiger partial charge in [0.25, 0.3) is 0 Å². The first-order valence-electron chi connectivity index (χ1n) is 3.45. The zero-order chi connectivity index (χ0) is 4.69. The van der Waals surface area contributed by atoms with Gasteiger partial charge < -0.3 is 12.3 Å². The van der Waals surface area contributed by atoms with Gasteiger partial charge in [-0.25, -0.2) is 0 Å². The topological polar surface area (TPSA) is 70.0 Å². The highest BCUT2D eigenvalue weighted by Gasteiger charge is 2.30. The van der Waals surface area contributed by atoms with Crippen LogP contribution in [0.25, 0.3) is 0 Å². The highest BCUT2D eigenvalue weighted by atomic mass is 14.4. The first-order valence-corrected chi connectivity index (χ1v) is 3.45. The van der Waals surface area contributed by atoms with E-state index in [1.165, 1.54) is 11.8 Å². The van der Waals surface area contributed by atoms with Crippen molar-refractivity contribution in [1.82, 2.24) is 12.3 Å². The van der Waals surface area contributed by atoms with Crippen LogP contribution in [0.2, 0.25) is 0 Å². The number of hydrogen-bond donors (Lipinski definition) is 2. The summed E-state index contributed by atoms with van der Waals surface area (Å²) in [5.74, 6) is 2.34. The van der Waals surface area contributed by atoms with E-state index in [2.05, 4.69) is 0 Å². The lowest BCUT2D eigenvalue weighted by molar-refractivity contribution is 0.480. The molecule has 0 aromatic carbocycles. The molecule has 0 spiro atoms. The second-order valence-corrected chi connectivity index (χ2v) is 3.12. The van der Waals surface area contributed by atoms with Gasteiger partial charge in [-0.3, -0.25) is 0 Å². The Bertz CT molecular complexity index is 65.0. The summed E-state index contributed by atoms with van der Waals surface area (Å²) in [4.78, 5) is 0. The maximum atomic E-state index is 1.58. The smallest absolute Gasteiger partial charge is 0.0411 e. The molecule has 0 amide bonds. The fraction of sp³-hybridized carbons (Fsp3) is 1.00. The third-order valence-electron chi connectivity index (χ3n) is 2.63. The van der Waals surface area contributed by atoms with E-state index in [0.717, 1.165) is 0 Å². The molecule has 0 unspecified atom stereocenters. The molecule has 6 N–H and O–H groups in total. The third kappa shape index (κ3) is 1.43. The molecular formula is C7H18N2. The fourth-order valence-electron chi connectivity index (χ4n) is 2.17. The lowest BCUT2D eigenvalue weighted by Gasteiger charge is -2.05. The Morgan fingerprint density at radius 1 is 0.667 bits per heavy atom. The molecule has 56 valence electrons. The van der Waals surface area contributed by atoms with Crippen molar-refractivity contribution < 1.29 is 0 Å². The van der Waals surface area contributed by atoms with Gasteiger partial charge in [-0.15, -0.1) is 0 Å². The molecular weight excluding hydrogens is 112 g/mol. The van der Waals surface area contributed by atoms with Gasteiger partial charge in [0.15, 0.2) is 0 Å². The van der Waals surface area contributed by atoms with E-state index in [1.54, 1.807) is 32.1 Å². The quantitative estimate of drug-likeness (QED) is 0.529. The van der Waals surface area contributed by atoms with Crippen molar-refractivity contribution in [2.45, 2.75) is 32.1 Å². The zero-order valence-corrected chi connectivity index (χ0v) is 6.10. The van der Waals surface area contributed by atoms with E-state index < -0.39 is 0 Å². The van der Waals surface area contributed by atoms with Crippen LogP contribution in [0.1, 0.15) is 32.1 Å². The van der Waals surface area contributed by atoms with E-state index in [-0.39, 0.29) is 12.3 Å². The molecule has 0 heterocycles. The highest BCUT2D eigenvalue weighted by molar-refractivity contribution is 4.82. The van der Waals surface area contributed by atoms with Crippen LogP contribution in [-0.4, -0.2) is 0 Å². The minimum absolute atomic E-state index is 0. The second-order valence-electron chi connectivity index (χ2n) is 3.12. The summed E-state index contributed by atoms with van der Waals surface area (Å²) in [5, 5.41) is 0. The SMILES string of the molecule is C1CC2CCC1C2.N.N. The lowest BCUT2D eigenvalue weighted by atomic mass is 10.0. The minimum Gasteiger partial charge on any atom is -0.344 e. The van der Waals surface area contributed by atoms with Crippen LogP contribution in [0.4, 0.5) is 0 Å². The first-order chi connectivity index (χ1) is 3.45. The zero-order valence-electron chi connectivity index (χ0n) is 6.10. The summed E-state index contributed by atoms with van der Waals surface area (Å²) < 4.78 is 0. The van der Waals surface area contributed by atoms with Crippen LogP contribution in [0.5, 0.6) is 0 Å². The van der Waals surface area contributed by atoms with Gasteiger partial charge in [-0.2, -0.15) is 0 Å². The average Bonchev–Trinajstić information content (AvgIpc) is 2.22. The summed E-state index contributed by atoms with van der Waals surface area (Å²) in [7, 11) is 0. The molecule has 2 aliphatic carbocycles. The van der Waals surface area contributed by atoms with Gasteiger partial charge in [0.2, 0.25) is 0 Å². The van der Waals surface area contributed by atoms with Gasteiger partial charge in [0.1, 0.15) is 0 Å². The Labute approximate surface area is 57.2 Å². The van der Waals surface area contributed by atoms with Crippen LogP contribution in [0.3, 0.4) is 0 Å². The number of hydrogen-bond acceptors (Lipinski definition) is 2.